The number of nitrogens with two attached hydrogens (primary N) is 1. The van der Waals surface area contributed by atoms with Crippen molar-refractivity contribution in [2.45, 2.75) is 12.4 Å². The maximum atomic E-state index is 11.4. The van der Waals surface area contributed by atoms with Gasteiger partial charge < -0.3 is 10.5 Å². The van der Waals surface area contributed by atoms with Crippen molar-refractivity contribution in [3.63, 3.8) is 0 Å². The van der Waals surface area contributed by atoms with Crippen LogP contribution in [0.3, 0.4) is 0 Å². The molecule has 0 heterocycles. The Bertz CT molecular complexity index is 164. The minimum atomic E-state index is -4.77. The van der Waals surface area contributed by atoms with Crippen LogP contribution in [0.2, 0.25) is 0 Å². The van der Waals surface area contributed by atoms with Crippen LogP contribution in [0.5, 0.6) is 0 Å². The molecular weight excluding hydrogens is 215 g/mol. The Morgan fingerprint density at radius 1 is 1.54 bits per heavy atom. The first-order chi connectivity index (χ1) is 5.37. The number of alkyl halides is 3. The molecule has 0 fully saturated rings. The van der Waals surface area contributed by atoms with E-state index < -0.39 is 25.0 Å². The Hall–Kier alpha value is -0.530. The summed E-state index contributed by atoms with van der Waals surface area (Å²) in [6, 6.07) is -1.41. The third-order valence-electron chi connectivity index (χ3n) is 0.930. The summed E-state index contributed by atoms with van der Waals surface area (Å²) in [7, 11) is 1.02. The zero-order valence-electron chi connectivity index (χ0n) is 6.63. The van der Waals surface area contributed by atoms with Crippen LogP contribution in [0.4, 0.5) is 13.2 Å². The Labute approximate surface area is 78.6 Å². The molecule has 8 heteroatoms. The van der Waals surface area contributed by atoms with Crippen LogP contribution >= 0.6 is 12.4 Å². The Morgan fingerprint density at radius 2 is 2.00 bits per heavy atom. The second kappa shape index (κ2) is 6.01. The van der Waals surface area contributed by atoms with Crippen molar-refractivity contribution in [2.24, 2.45) is 5.73 Å². The number of esters is 1. The fourth-order valence-electron chi connectivity index (χ4n) is 0.404. The van der Waals surface area contributed by atoms with E-state index in [1.807, 2.05) is 0 Å². The van der Waals surface area contributed by atoms with Gasteiger partial charge in [0.05, 0.1) is 13.7 Å². The number of methoxy groups -OCH3 is 1. The molecule has 0 aliphatic heterocycles. The van der Waals surface area contributed by atoms with Gasteiger partial charge in [-0.2, -0.15) is 0 Å². The molecule has 0 saturated heterocycles. The van der Waals surface area contributed by atoms with Gasteiger partial charge >= 0.3 is 12.3 Å². The van der Waals surface area contributed by atoms with Crippen molar-refractivity contribution < 1.29 is 27.4 Å². The minimum absolute atomic E-state index is 0. The summed E-state index contributed by atoms with van der Waals surface area (Å²) >= 11 is 0. The van der Waals surface area contributed by atoms with Crippen molar-refractivity contribution in [2.75, 3.05) is 13.7 Å². The molecule has 0 aliphatic carbocycles. The topological polar surface area (TPSA) is 61.5 Å². The molecule has 0 rings (SSSR count). The number of rotatable bonds is 3. The van der Waals surface area contributed by atoms with E-state index in [0.29, 0.717) is 0 Å². The molecule has 0 aromatic rings. The molecule has 0 aromatic carbocycles. The molecule has 0 radical (unpaired) electrons. The van der Waals surface area contributed by atoms with Crippen molar-refractivity contribution in [1.82, 2.24) is 0 Å². The average Bonchev–Trinajstić information content (AvgIpc) is 1.97. The van der Waals surface area contributed by atoms with E-state index in [4.69, 9.17) is 5.73 Å². The summed E-state index contributed by atoms with van der Waals surface area (Å²) < 4.78 is 41.4. The molecular formula is C5H9ClF3NO3. The van der Waals surface area contributed by atoms with Gasteiger partial charge in [-0.1, -0.05) is 0 Å². The number of ether oxygens (including phenoxy) is 2. The highest BCUT2D eigenvalue weighted by Gasteiger charge is 2.31. The SMILES string of the molecule is COC(=O)[C@H](N)COC(F)(F)F.Cl. The molecule has 13 heavy (non-hydrogen) atoms. The summed E-state index contributed by atoms with van der Waals surface area (Å²) in [5.74, 6) is -0.945. The van der Waals surface area contributed by atoms with Gasteiger partial charge in [-0.05, 0) is 0 Å². The number of hydrogen-bond donors (Lipinski definition) is 1. The van der Waals surface area contributed by atoms with E-state index in [-0.39, 0.29) is 12.4 Å². The van der Waals surface area contributed by atoms with Gasteiger partial charge in [0.2, 0.25) is 0 Å². The lowest BCUT2D eigenvalue weighted by atomic mass is 10.3. The van der Waals surface area contributed by atoms with Crippen LogP contribution in [0.15, 0.2) is 0 Å². The summed E-state index contributed by atoms with van der Waals surface area (Å²) in [6.45, 7) is -0.934. The second-order valence-corrected chi connectivity index (χ2v) is 1.89. The molecule has 0 amide bonds. The Morgan fingerprint density at radius 3 is 2.31 bits per heavy atom. The smallest absolute Gasteiger partial charge is 0.468 e. The monoisotopic (exact) mass is 223 g/mol. The Balaban J connectivity index is 0. The van der Waals surface area contributed by atoms with E-state index in [9.17, 15) is 18.0 Å². The van der Waals surface area contributed by atoms with Gasteiger partial charge in [0, 0.05) is 0 Å². The highest BCUT2D eigenvalue weighted by Crippen LogP contribution is 2.15. The molecule has 0 bridgehead atoms. The highest BCUT2D eigenvalue weighted by molar-refractivity contribution is 5.85. The van der Waals surface area contributed by atoms with Crippen molar-refractivity contribution in [1.29, 1.82) is 0 Å². The van der Waals surface area contributed by atoms with Crippen LogP contribution < -0.4 is 5.73 Å². The van der Waals surface area contributed by atoms with Crippen molar-refractivity contribution in [3.05, 3.63) is 0 Å². The fraction of sp³-hybridized carbons (Fsp3) is 0.800. The number of carbonyl (C=O) groups excluding carboxylic acids is 1. The van der Waals surface area contributed by atoms with E-state index in [1.54, 1.807) is 0 Å². The molecule has 0 saturated carbocycles. The van der Waals surface area contributed by atoms with Gasteiger partial charge in [-0.25, -0.2) is 0 Å². The molecule has 4 nitrogen and oxygen atoms in total. The molecule has 0 spiro atoms. The first kappa shape index (κ1) is 15.0. The number of halogens is 4. The minimum Gasteiger partial charge on any atom is -0.468 e. The van der Waals surface area contributed by atoms with Crippen LogP contribution in [0.25, 0.3) is 0 Å². The molecule has 0 aromatic heterocycles. The summed E-state index contributed by atoms with van der Waals surface area (Å²) in [5, 5.41) is 0. The maximum Gasteiger partial charge on any atom is 0.522 e. The summed E-state index contributed by atoms with van der Waals surface area (Å²) in [5.41, 5.74) is 4.94. The van der Waals surface area contributed by atoms with Crippen LogP contribution in [-0.4, -0.2) is 32.1 Å². The third-order valence-corrected chi connectivity index (χ3v) is 0.930. The zero-order valence-corrected chi connectivity index (χ0v) is 7.45. The van der Waals surface area contributed by atoms with Gasteiger partial charge in [0.1, 0.15) is 6.04 Å². The zero-order chi connectivity index (χ0) is 9.78. The lowest BCUT2D eigenvalue weighted by Gasteiger charge is -2.11. The first-order valence-electron chi connectivity index (χ1n) is 2.91. The second-order valence-electron chi connectivity index (χ2n) is 1.89. The fourth-order valence-corrected chi connectivity index (χ4v) is 0.404. The maximum absolute atomic E-state index is 11.4. The van der Waals surface area contributed by atoms with E-state index in [0.717, 1.165) is 7.11 Å². The van der Waals surface area contributed by atoms with Crippen molar-refractivity contribution >= 4 is 18.4 Å². The van der Waals surface area contributed by atoms with E-state index in [2.05, 4.69) is 9.47 Å². The summed E-state index contributed by atoms with van der Waals surface area (Å²) in [6.07, 6.45) is -4.77. The molecule has 0 aliphatic rings. The van der Waals surface area contributed by atoms with Gasteiger partial charge in [0.25, 0.3) is 0 Å². The van der Waals surface area contributed by atoms with Gasteiger partial charge in [0.15, 0.2) is 0 Å². The largest absolute Gasteiger partial charge is 0.522 e. The Kier molecular flexibility index (Phi) is 6.91. The first-order valence-corrected chi connectivity index (χ1v) is 2.91. The van der Waals surface area contributed by atoms with Gasteiger partial charge in [-0.3, -0.25) is 9.53 Å². The number of hydrogen-bond acceptors (Lipinski definition) is 4. The predicted octanol–water partition coefficient (Wildman–Crippen LogP) is 0.445. The molecule has 1 atom stereocenters. The lowest BCUT2D eigenvalue weighted by Crippen LogP contribution is -2.38. The lowest BCUT2D eigenvalue weighted by molar-refractivity contribution is -0.325. The van der Waals surface area contributed by atoms with Crippen LogP contribution in [0.1, 0.15) is 0 Å². The predicted molar refractivity (Wildman–Crippen MR) is 39.2 cm³/mol. The van der Waals surface area contributed by atoms with Crippen LogP contribution in [-0.2, 0) is 14.3 Å². The third kappa shape index (κ3) is 7.82. The molecule has 80 valence electrons. The van der Waals surface area contributed by atoms with Crippen LogP contribution in [0, 0.1) is 0 Å². The van der Waals surface area contributed by atoms with Crippen molar-refractivity contribution in [3.8, 4) is 0 Å². The average molecular weight is 224 g/mol. The van der Waals surface area contributed by atoms with Gasteiger partial charge in [-0.15, -0.1) is 25.6 Å². The summed E-state index contributed by atoms with van der Waals surface area (Å²) in [4.78, 5) is 10.4. The molecule has 0 unspecified atom stereocenters. The number of carbonyl (C=O) groups is 1. The molecule has 2 N–H and O–H groups in total. The van der Waals surface area contributed by atoms with E-state index in [1.165, 1.54) is 0 Å². The van der Waals surface area contributed by atoms with E-state index >= 15 is 0 Å². The normalized spacial score (nSPS) is 13.0. The highest BCUT2D eigenvalue weighted by atomic mass is 35.5. The standard InChI is InChI=1S/C5H8F3NO3.ClH/c1-11-4(10)3(9)2-12-5(6,7)8;/h3H,2,9H2,1H3;1H/t3-;/m1./s1. The quantitative estimate of drug-likeness (QED) is 0.706.